The molecule has 0 aliphatic carbocycles. The SMILES string of the molecule is CC(=O)Oc1ccc(C2CCCNC2)cc1OC(C)=O. The molecule has 1 aromatic carbocycles. The third-order valence-electron chi connectivity index (χ3n) is 3.24. The molecule has 1 aromatic rings. The van der Waals surface area contributed by atoms with Crippen molar-refractivity contribution in [2.24, 2.45) is 0 Å². The van der Waals surface area contributed by atoms with Gasteiger partial charge in [-0.05, 0) is 43.0 Å². The van der Waals surface area contributed by atoms with Gasteiger partial charge in [-0.3, -0.25) is 9.59 Å². The highest BCUT2D eigenvalue weighted by molar-refractivity contribution is 5.73. The second-order valence-corrected chi connectivity index (χ2v) is 4.94. The van der Waals surface area contributed by atoms with E-state index < -0.39 is 11.9 Å². The smallest absolute Gasteiger partial charge is 0.308 e. The molecule has 0 amide bonds. The van der Waals surface area contributed by atoms with Crippen LogP contribution in [0.3, 0.4) is 0 Å². The van der Waals surface area contributed by atoms with E-state index in [-0.39, 0.29) is 5.75 Å². The molecule has 5 nitrogen and oxygen atoms in total. The molecular weight excluding hydrogens is 258 g/mol. The molecule has 0 bridgehead atoms. The summed E-state index contributed by atoms with van der Waals surface area (Å²) in [7, 11) is 0. The highest BCUT2D eigenvalue weighted by atomic mass is 16.6. The van der Waals surface area contributed by atoms with Crippen LogP contribution in [0, 0.1) is 0 Å². The molecule has 108 valence electrons. The molecule has 1 N–H and O–H groups in total. The Hall–Kier alpha value is -1.88. The van der Waals surface area contributed by atoms with Crippen molar-refractivity contribution in [1.29, 1.82) is 0 Å². The van der Waals surface area contributed by atoms with Crippen LogP contribution in [-0.4, -0.2) is 25.0 Å². The summed E-state index contributed by atoms with van der Waals surface area (Å²) in [6.45, 7) is 4.59. The number of hydrogen-bond donors (Lipinski definition) is 1. The average Bonchev–Trinajstić information content (AvgIpc) is 2.40. The Morgan fingerprint density at radius 1 is 1.15 bits per heavy atom. The van der Waals surface area contributed by atoms with Crippen molar-refractivity contribution in [3.8, 4) is 11.5 Å². The van der Waals surface area contributed by atoms with Gasteiger partial charge in [-0.15, -0.1) is 0 Å². The van der Waals surface area contributed by atoms with Crippen LogP contribution >= 0.6 is 0 Å². The normalized spacial score (nSPS) is 18.4. The third kappa shape index (κ3) is 3.81. The zero-order chi connectivity index (χ0) is 14.5. The summed E-state index contributed by atoms with van der Waals surface area (Å²) in [6.07, 6.45) is 2.22. The van der Waals surface area contributed by atoms with E-state index in [4.69, 9.17) is 9.47 Å². The van der Waals surface area contributed by atoms with E-state index >= 15 is 0 Å². The Kier molecular flexibility index (Phi) is 4.74. The molecular formula is C15H19NO4. The van der Waals surface area contributed by atoms with E-state index in [0.29, 0.717) is 11.7 Å². The van der Waals surface area contributed by atoms with Gasteiger partial charge in [0.25, 0.3) is 0 Å². The molecule has 1 aliphatic rings. The summed E-state index contributed by atoms with van der Waals surface area (Å²) in [6, 6.07) is 5.39. The minimum Gasteiger partial charge on any atom is -0.423 e. The maximum Gasteiger partial charge on any atom is 0.308 e. The minimum absolute atomic E-state index is 0.278. The van der Waals surface area contributed by atoms with Crippen molar-refractivity contribution in [3.63, 3.8) is 0 Å². The second-order valence-electron chi connectivity index (χ2n) is 4.94. The van der Waals surface area contributed by atoms with Gasteiger partial charge >= 0.3 is 11.9 Å². The van der Waals surface area contributed by atoms with Crippen LogP contribution in [0.5, 0.6) is 11.5 Å². The Morgan fingerprint density at radius 3 is 2.45 bits per heavy atom. The van der Waals surface area contributed by atoms with E-state index in [1.54, 1.807) is 12.1 Å². The molecule has 1 saturated heterocycles. The number of carbonyl (C=O) groups excluding carboxylic acids is 2. The fraction of sp³-hybridized carbons (Fsp3) is 0.467. The summed E-state index contributed by atoms with van der Waals surface area (Å²) in [5, 5.41) is 3.35. The first-order chi connectivity index (χ1) is 9.56. The van der Waals surface area contributed by atoms with Crippen LogP contribution in [0.4, 0.5) is 0 Å². The number of esters is 2. The molecule has 5 heteroatoms. The van der Waals surface area contributed by atoms with Crippen LogP contribution in [0.15, 0.2) is 18.2 Å². The lowest BCUT2D eigenvalue weighted by Gasteiger charge is -2.23. The van der Waals surface area contributed by atoms with Gasteiger partial charge < -0.3 is 14.8 Å². The van der Waals surface area contributed by atoms with E-state index in [0.717, 1.165) is 31.5 Å². The largest absolute Gasteiger partial charge is 0.423 e. The van der Waals surface area contributed by atoms with E-state index in [9.17, 15) is 9.59 Å². The average molecular weight is 277 g/mol. The summed E-state index contributed by atoms with van der Waals surface area (Å²) in [4.78, 5) is 22.2. The van der Waals surface area contributed by atoms with Crippen molar-refractivity contribution in [2.45, 2.75) is 32.6 Å². The monoisotopic (exact) mass is 277 g/mol. The molecule has 0 aromatic heterocycles. The van der Waals surface area contributed by atoms with Crippen LogP contribution < -0.4 is 14.8 Å². The Balaban J connectivity index is 2.26. The lowest BCUT2D eigenvalue weighted by atomic mass is 9.91. The van der Waals surface area contributed by atoms with Gasteiger partial charge in [0, 0.05) is 20.4 Å². The number of piperidine rings is 1. The summed E-state index contributed by atoms with van der Waals surface area (Å²) < 4.78 is 10.2. The topological polar surface area (TPSA) is 64.6 Å². The fourth-order valence-electron chi connectivity index (χ4n) is 2.39. The maximum atomic E-state index is 11.2. The van der Waals surface area contributed by atoms with E-state index in [2.05, 4.69) is 5.32 Å². The van der Waals surface area contributed by atoms with Gasteiger partial charge in [-0.1, -0.05) is 6.07 Å². The first-order valence-corrected chi connectivity index (χ1v) is 6.78. The van der Waals surface area contributed by atoms with E-state index in [1.807, 2.05) is 6.07 Å². The number of carbonyl (C=O) groups is 2. The van der Waals surface area contributed by atoms with Gasteiger partial charge in [0.15, 0.2) is 11.5 Å². The van der Waals surface area contributed by atoms with Crippen molar-refractivity contribution in [2.75, 3.05) is 13.1 Å². The molecule has 0 spiro atoms. The van der Waals surface area contributed by atoms with Gasteiger partial charge in [0.2, 0.25) is 0 Å². The minimum atomic E-state index is -0.439. The molecule has 0 saturated carbocycles. The van der Waals surface area contributed by atoms with Gasteiger partial charge in [-0.25, -0.2) is 0 Å². The number of rotatable bonds is 3. The first kappa shape index (κ1) is 14.5. The number of nitrogens with one attached hydrogen (secondary N) is 1. The second kappa shape index (κ2) is 6.52. The molecule has 20 heavy (non-hydrogen) atoms. The highest BCUT2D eigenvalue weighted by Gasteiger charge is 2.18. The Labute approximate surface area is 118 Å². The zero-order valence-corrected chi connectivity index (χ0v) is 11.8. The van der Waals surface area contributed by atoms with Crippen molar-refractivity contribution in [1.82, 2.24) is 5.32 Å². The summed E-state index contributed by atoms with van der Waals surface area (Å²) in [5.74, 6) is 0.100. The van der Waals surface area contributed by atoms with Crippen LogP contribution in [-0.2, 0) is 9.59 Å². The molecule has 2 rings (SSSR count). The number of hydrogen-bond acceptors (Lipinski definition) is 5. The molecule has 1 atom stereocenters. The maximum absolute atomic E-state index is 11.2. The zero-order valence-electron chi connectivity index (χ0n) is 11.8. The fourth-order valence-corrected chi connectivity index (χ4v) is 2.39. The van der Waals surface area contributed by atoms with Crippen molar-refractivity contribution < 1.29 is 19.1 Å². The predicted octanol–water partition coefficient (Wildman–Crippen LogP) is 2.00. The molecule has 1 unspecified atom stereocenters. The van der Waals surface area contributed by atoms with Crippen molar-refractivity contribution >= 4 is 11.9 Å². The van der Waals surface area contributed by atoms with Gasteiger partial charge in [0.05, 0.1) is 0 Å². The molecule has 1 heterocycles. The number of benzene rings is 1. The third-order valence-corrected chi connectivity index (χ3v) is 3.24. The Morgan fingerprint density at radius 2 is 1.85 bits per heavy atom. The lowest BCUT2D eigenvalue weighted by molar-refractivity contribution is -0.134. The van der Waals surface area contributed by atoms with Crippen LogP contribution in [0.2, 0.25) is 0 Å². The first-order valence-electron chi connectivity index (χ1n) is 6.78. The quantitative estimate of drug-likeness (QED) is 0.676. The molecule has 1 aliphatic heterocycles. The number of ether oxygens (including phenoxy) is 2. The standard InChI is InChI=1S/C15H19NO4/c1-10(17)19-14-6-5-12(8-15(14)20-11(2)18)13-4-3-7-16-9-13/h5-6,8,13,16H,3-4,7,9H2,1-2H3. The Bertz CT molecular complexity index is 507. The summed E-state index contributed by atoms with van der Waals surface area (Å²) >= 11 is 0. The van der Waals surface area contributed by atoms with Gasteiger partial charge in [-0.2, -0.15) is 0 Å². The predicted molar refractivity (Wildman–Crippen MR) is 73.9 cm³/mol. The molecule has 0 radical (unpaired) electrons. The van der Waals surface area contributed by atoms with Crippen molar-refractivity contribution in [3.05, 3.63) is 23.8 Å². The highest BCUT2D eigenvalue weighted by Crippen LogP contribution is 2.33. The lowest BCUT2D eigenvalue weighted by Crippen LogP contribution is -2.28. The van der Waals surface area contributed by atoms with Gasteiger partial charge in [0.1, 0.15) is 0 Å². The van der Waals surface area contributed by atoms with Crippen LogP contribution in [0.25, 0.3) is 0 Å². The summed E-state index contributed by atoms with van der Waals surface area (Å²) in [5.41, 5.74) is 1.09. The molecule has 1 fully saturated rings. The van der Waals surface area contributed by atoms with E-state index in [1.165, 1.54) is 13.8 Å². The van der Waals surface area contributed by atoms with Crippen LogP contribution in [0.1, 0.15) is 38.2 Å².